The standard InChI is InChI=1S/C29H44N4O2/c1-9-33(24-12-10-23(11-13-24)32(7)8)27-16-22(18(2)3)15-25(21(27)6)28(34)30-17-26-19(4)14-20(5)31-29(26)35/h14-16,18,23-24H,9-13,17H2,1-8H3,(H,30,34)(H,31,35)/p+1. The summed E-state index contributed by atoms with van der Waals surface area (Å²) in [4.78, 5) is 32.8. The zero-order valence-electron chi connectivity index (χ0n) is 23.0. The molecule has 35 heavy (non-hydrogen) atoms. The average molecular weight is 482 g/mol. The van der Waals surface area contributed by atoms with Crippen LogP contribution in [0.25, 0.3) is 0 Å². The Kier molecular flexibility index (Phi) is 8.81. The third-order valence-corrected chi connectivity index (χ3v) is 7.84. The summed E-state index contributed by atoms with van der Waals surface area (Å²) in [6, 6.07) is 7.50. The maximum Gasteiger partial charge on any atom is 0.253 e. The highest BCUT2D eigenvalue weighted by Crippen LogP contribution is 2.33. The van der Waals surface area contributed by atoms with Crippen LogP contribution in [-0.2, 0) is 6.54 Å². The molecule has 1 aromatic heterocycles. The quantitative estimate of drug-likeness (QED) is 0.539. The average Bonchev–Trinajstić information content (AvgIpc) is 2.79. The number of aryl methyl sites for hydroxylation is 2. The molecule has 0 aliphatic heterocycles. The van der Waals surface area contributed by atoms with Gasteiger partial charge in [0.05, 0.1) is 20.1 Å². The number of rotatable bonds is 8. The number of carbonyl (C=O) groups is 1. The number of nitrogens with one attached hydrogen (secondary N) is 3. The van der Waals surface area contributed by atoms with E-state index in [4.69, 9.17) is 0 Å². The second-order valence-electron chi connectivity index (χ2n) is 10.9. The molecule has 1 aliphatic rings. The number of quaternary nitrogens is 1. The third kappa shape index (κ3) is 6.16. The molecule has 0 spiro atoms. The molecule has 1 saturated carbocycles. The second kappa shape index (κ2) is 11.4. The topological polar surface area (TPSA) is 69.6 Å². The van der Waals surface area contributed by atoms with Gasteiger partial charge in [-0.3, -0.25) is 9.59 Å². The lowest BCUT2D eigenvalue weighted by Gasteiger charge is -2.39. The first-order valence-electron chi connectivity index (χ1n) is 13.2. The van der Waals surface area contributed by atoms with Gasteiger partial charge >= 0.3 is 0 Å². The molecular weight excluding hydrogens is 436 g/mol. The predicted molar refractivity (Wildman–Crippen MR) is 145 cm³/mol. The molecule has 0 saturated heterocycles. The van der Waals surface area contributed by atoms with Crippen molar-refractivity contribution in [3.63, 3.8) is 0 Å². The van der Waals surface area contributed by atoms with Crippen LogP contribution in [-0.4, -0.2) is 43.6 Å². The summed E-state index contributed by atoms with van der Waals surface area (Å²) < 4.78 is 0. The van der Waals surface area contributed by atoms with Gasteiger partial charge in [0.1, 0.15) is 0 Å². The van der Waals surface area contributed by atoms with Crippen molar-refractivity contribution in [3.05, 3.63) is 62.1 Å². The predicted octanol–water partition coefficient (Wildman–Crippen LogP) is 3.64. The van der Waals surface area contributed by atoms with Gasteiger partial charge < -0.3 is 20.1 Å². The van der Waals surface area contributed by atoms with Crippen molar-refractivity contribution in [1.82, 2.24) is 10.3 Å². The molecule has 0 atom stereocenters. The molecular formula is C29H45N4O2+. The lowest BCUT2D eigenvalue weighted by atomic mass is 9.88. The number of aromatic amines is 1. The van der Waals surface area contributed by atoms with E-state index in [0.29, 0.717) is 23.1 Å². The highest BCUT2D eigenvalue weighted by molar-refractivity contribution is 5.97. The molecule has 6 heteroatoms. The minimum Gasteiger partial charge on any atom is -0.369 e. The van der Waals surface area contributed by atoms with Gasteiger partial charge in [0.15, 0.2) is 0 Å². The first-order chi connectivity index (χ1) is 16.5. The monoisotopic (exact) mass is 481 g/mol. The van der Waals surface area contributed by atoms with Crippen LogP contribution in [0.15, 0.2) is 23.0 Å². The third-order valence-electron chi connectivity index (χ3n) is 7.84. The van der Waals surface area contributed by atoms with Gasteiger partial charge in [-0.1, -0.05) is 13.8 Å². The number of benzene rings is 1. The molecule has 1 heterocycles. The Bertz CT molecular complexity index is 1090. The van der Waals surface area contributed by atoms with E-state index in [9.17, 15) is 9.59 Å². The van der Waals surface area contributed by atoms with Gasteiger partial charge in [0.25, 0.3) is 11.5 Å². The molecule has 3 rings (SSSR count). The minimum absolute atomic E-state index is 0.124. The SMILES string of the molecule is CCN(c1cc(C(C)C)cc(C(=O)NCc2c(C)cc(C)[nH]c2=O)c1C)C1CCC([NH+](C)C)CC1. The molecule has 0 unspecified atom stereocenters. The van der Waals surface area contributed by atoms with Crippen molar-refractivity contribution in [2.45, 2.75) is 91.8 Å². The zero-order valence-corrected chi connectivity index (χ0v) is 23.0. The number of H-pyrrole nitrogens is 1. The van der Waals surface area contributed by atoms with Crippen LogP contribution in [0.4, 0.5) is 5.69 Å². The van der Waals surface area contributed by atoms with E-state index in [-0.39, 0.29) is 18.0 Å². The normalized spacial score (nSPS) is 18.2. The Morgan fingerprint density at radius 3 is 2.31 bits per heavy atom. The Labute approximate surface area is 211 Å². The van der Waals surface area contributed by atoms with E-state index in [0.717, 1.165) is 29.4 Å². The summed E-state index contributed by atoms with van der Waals surface area (Å²) in [7, 11) is 4.52. The van der Waals surface area contributed by atoms with E-state index in [1.165, 1.54) is 36.9 Å². The summed E-state index contributed by atoms with van der Waals surface area (Å²) in [5.74, 6) is 0.191. The van der Waals surface area contributed by atoms with E-state index < -0.39 is 0 Å². The number of pyridine rings is 1. The van der Waals surface area contributed by atoms with Gasteiger partial charge in [-0.15, -0.1) is 0 Å². The molecule has 1 fully saturated rings. The Morgan fingerprint density at radius 2 is 1.77 bits per heavy atom. The molecule has 0 radical (unpaired) electrons. The number of hydrogen-bond acceptors (Lipinski definition) is 3. The fourth-order valence-electron chi connectivity index (χ4n) is 5.54. The first-order valence-corrected chi connectivity index (χ1v) is 13.2. The lowest BCUT2D eigenvalue weighted by Crippen LogP contribution is -3.10. The fourth-order valence-corrected chi connectivity index (χ4v) is 5.54. The molecule has 0 bridgehead atoms. The molecule has 1 amide bonds. The van der Waals surface area contributed by atoms with Crippen LogP contribution in [0.5, 0.6) is 0 Å². The summed E-state index contributed by atoms with van der Waals surface area (Å²) >= 11 is 0. The van der Waals surface area contributed by atoms with Gasteiger partial charge in [-0.05, 0) is 81.3 Å². The van der Waals surface area contributed by atoms with Crippen molar-refractivity contribution >= 4 is 11.6 Å². The fraction of sp³-hybridized carbons (Fsp3) is 0.586. The molecule has 6 nitrogen and oxygen atoms in total. The second-order valence-corrected chi connectivity index (χ2v) is 10.9. The Hall–Kier alpha value is -2.60. The van der Waals surface area contributed by atoms with Crippen LogP contribution in [0.2, 0.25) is 0 Å². The molecule has 1 aromatic carbocycles. The van der Waals surface area contributed by atoms with Crippen LogP contribution in [0.3, 0.4) is 0 Å². The van der Waals surface area contributed by atoms with Gasteiger partial charge in [0.2, 0.25) is 0 Å². The maximum atomic E-state index is 13.4. The van der Waals surface area contributed by atoms with Crippen molar-refractivity contribution < 1.29 is 9.69 Å². The number of carbonyl (C=O) groups excluding carboxylic acids is 1. The highest BCUT2D eigenvalue weighted by atomic mass is 16.1. The summed E-state index contributed by atoms with van der Waals surface area (Å²) in [5, 5.41) is 3.03. The molecule has 3 N–H and O–H groups in total. The van der Waals surface area contributed by atoms with Gasteiger partial charge in [-0.2, -0.15) is 0 Å². The van der Waals surface area contributed by atoms with E-state index in [1.54, 1.807) is 4.90 Å². The van der Waals surface area contributed by atoms with Crippen molar-refractivity contribution in [1.29, 1.82) is 0 Å². The van der Waals surface area contributed by atoms with Crippen LogP contribution in [0, 0.1) is 20.8 Å². The number of amides is 1. The Balaban J connectivity index is 1.89. The molecule has 192 valence electrons. The number of aromatic nitrogens is 1. The van der Waals surface area contributed by atoms with Crippen molar-refractivity contribution in [2.75, 3.05) is 25.5 Å². The minimum atomic E-state index is -0.136. The maximum absolute atomic E-state index is 13.4. The van der Waals surface area contributed by atoms with Crippen molar-refractivity contribution in [2.24, 2.45) is 0 Å². The van der Waals surface area contributed by atoms with E-state index in [1.807, 2.05) is 26.0 Å². The van der Waals surface area contributed by atoms with Crippen LogP contribution < -0.4 is 20.7 Å². The first kappa shape index (κ1) is 27.0. The zero-order chi connectivity index (χ0) is 25.9. The van der Waals surface area contributed by atoms with E-state index >= 15 is 0 Å². The smallest absolute Gasteiger partial charge is 0.253 e. The Morgan fingerprint density at radius 1 is 1.11 bits per heavy atom. The number of nitrogens with zero attached hydrogens (tertiary/aromatic N) is 1. The van der Waals surface area contributed by atoms with E-state index in [2.05, 4.69) is 63.1 Å². The van der Waals surface area contributed by atoms with Crippen molar-refractivity contribution in [3.8, 4) is 0 Å². The molecule has 1 aliphatic carbocycles. The summed E-state index contributed by atoms with van der Waals surface area (Å²) in [5.41, 5.74) is 6.26. The van der Waals surface area contributed by atoms with Gasteiger partial charge in [-0.25, -0.2) is 0 Å². The van der Waals surface area contributed by atoms with Crippen LogP contribution in [0.1, 0.15) is 90.7 Å². The molecule has 2 aromatic rings. The highest BCUT2D eigenvalue weighted by Gasteiger charge is 2.30. The van der Waals surface area contributed by atoms with Gasteiger partial charge in [0, 0.05) is 54.5 Å². The number of hydrogen-bond donors (Lipinski definition) is 3. The number of anilines is 1. The largest absolute Gasteiger partial charge is 0.369 e. The summed E-state index contributed by atoms with van der Waals surface area (Å²) in [6.07, 6.45) is 4.85. The van der Waals surface area contributed by atoms with Crippen LogP contribution >= 0.6 is 0 Å². The lowest BCUT2D eigenvalue weighted by molar-refractivity contribution is -0.887. The summed E-state index contributed by atoms with van der Waals surface area (Å²) in [6.45, 7) is 13.6.